The quantitative estimate of drug-likeness (QED) is 0.814. The molecule has 20 heavy (non-hydrogen) atoms. The van der Waals surface area contributed by atoms with Crippen molar-refractivity contribution in [3.05, 3.63) is 40.4 Å². The van der Waals surface area contributed by atoms with Gasteiger partial charge in [0.25, 0.3) is 0 Å². The number of ether oxygens (including phenoxy) is 1. The van der Waals surface area contributed by atoms with E-state index in [1.165, 1.54) is 0 Å². The molecule has 1 aromatic rings. The van der Waals surface area contributed by atoms with Gasteiger partial charge in [-0.25, -0.2) is 0 Å². The zero-order valence-electron chi connectivity index (χ0n) is 11.7. The van der Waals surface area contributed by atoms with Gasteiger partial charge in [-0.2, -0.15) is 0 Å². The van der Waals surface area contributed by atoms with Gasteiger partial charge in [0, 0.05) is 5.56 Å². The van der Waals surface area contributed by atoms with Crippen molar-refractivity contribution in [2.24, 2.45) is 0 Å². The molecule has 2 atom stereocenters. The standard InChI is InChI=1S/C16H19BrO3/c1-10(2)13(18)5-7-16(3)6-4-11-8-14(19)12(17)9-15(11)20-16/h4,6,8-9,13,18-19H,1,5,7H2,2-3H3/t13-,16+/m1/s1. The third kappa shape index (κ3) is 3.25. The van der Waals surface area contributed by atoms with Gasteiger partial charge in [0.2, 0.25) is 0 Å². The second-order valence-electron chi connectivity index (χ2n) is 5.49. The van der Waals surface area contributed by atoms with Gasteiger partial charge in [0.05, 0.1) is 10.6 Å². The summed E-state index contributed by atoms with van der Waals surface area (Å²) >= 11 is 3.29. The van der Waals surface area contributed by atoms with Gasteiger partial charge in [-0.15, -0.1) is 0 Å². The molecule has 2 N–H and O–H groups in total. The van der Waals surface area contributed by atoms with Crippen LogP contribution in [0.1, 0.15) is 32.3 Å². The lowest BCUT2D eigenvalue weighted by atomic mass is 9.92. The highest BCUT2D eigenvalue weighted by atomic mass is 79.9. The van der Waals surface area contributed by atoms with Crippen molar-refractivity contribution in [1.29, 1.82) is 0 Å². The molecular formula is C16H19BrO3. The summed E-state index contributed by atoms with van der Waals surface area (Å²) < 4.78 is 6.62. The van der Waals surface area contributed by atoms with E-state index in [9.17, 15) is 10.2 Å². The summed E-state index contributed by atoms with van der Waals surface area (Å²) in [5.41, 5.74) is 1.16. The van der Waals surface area contributed by atoms with Crippen LogP contribution in [-0.2, 0) is 0 Å². The molecule has 1 aliphatic heterocycles. The van der Waals surface area contributed by atoms with Crippen LogP contribution < -0.4 is 4.74 Å². The summed E-state index contributed by atoms with van der Waals surface area (Å²) in [5.74, 6) is 0.919. The first-order valence-electron chi connectivity index (χ1n) is 6.55. The van der Waals surface area contributed by atoms with Gasteiger partial charge < -0.3 is 14.9 Å². The Kier molecular flexibility index (Phi) is 4.25. The number of phenolic OH excluding ortho intramolecular Hbond substituents is 1. The second-order valence-corrected chi connectivity index (χ2v) is 6.34. The monoisotopic (exact) mass is 338 g/mol. The zero-order chi connectivity index (χ0) is 14.9. The highest BCUT2D eigenvalue weighted by Crippen LogP contribution is 2.39. The summed E-state index contributed by atoms with van der Waals surface area (Å²) in [4.78, 5) is 0. The third-order valence-corrected chi connectivity index (χ3v) is 4.16. The van der Waals surface area contributed by atoms with E-state index in [0.29, 0.717) is 17.3 Å². The van der Waals surface area contributed by atoms with Crippen molar-refractivity contribution < 1.29 is 14.9 Å². The summed E-state index contributed by atoms with van der Waals surface area (Å²) in [5, 5.41) is 19.5. The Morgan fingerprint density at radius 2 is 2.20 bits per heavy atom. The van der Waals surface area contributed by atoms with E-state index in [-0.39, 0.29) is 5.75 Å². The number of hydrogen-bond acceptors (Lipinski definition) is 3. The molecule has 1 heterocycles. The number of phenols is 1. The van der Waals surface area contributed by atoms with Crippen LogP contribution in [0.15, 0.2) is 34.8 Å². The van der Waals surface area contributed by atoms with Crippen LogP contribution in [0.2, 0.25) is 0 Å². The molecule has 0 aliphatic carbocycles. The van der Waals surface area contributed by atoms with Gasteiger partial charge in [0.1, 0.15) is 17.1 Å². The fraction of sp³-hybridized carbons (Fsp3) is 0.375. The maximum Gasteiger partial charge on any atom is 0.130 e. The van der Waals surface area contributed by atoms with Crippen LogP contribution in [0.5, 0.6) is 11.5 Å². The van der Waals surface area contributed by atoms with Crippen molar-refractivity contribution in [3.8, 4) is 11.5 Å². The van der Waals surface area contributed by atoms with Crippen LogP contribution in [0.3, 0.4) is 0 Å². The lowest BCUT2D eigenvalue weighted by Gasteiger charge is -2.32. The average molecular weight is 339 g/mol. The molecule has 0 saturated heterocycles. The molecule has 0 radical (unpaired) electrons. The molecule has 1 aliphatic rings. The van der Waals surface area contributed by atoms with Gasteiger partial charge in [-0.3, -0.25) is 0 Å². The Morgan fingerprint density at radius 3 is 2.85 bits per heavy atom. The van der Waals surface area contributed by atoms with E-state index in [2.05, 4.69) is 22.5 Å². The number of halogens is 1. The molecule has 3 nitrogen and oxygen atoms in total. The van der Waals surface area contributed by atoms with Crippen molar-refractivity contribution >= 4 is 22.0 Å². The summed E-state index contributed by atoms with van der Waals surface area (Å²) in [7, 11) is 0. The Labute approximate surface area is 127 Å². The molecule has 108 valence electrons. The minimum absolute atomic E-state index is 0.193. The maximum absolute atomic E-state index is 9.83. The van der Waals surface area contributed by atoms with Gasteiger partial charge in [-0.05, 0) is 60.8 Å². The first-order valence-corrected chi connectivity index (χ1v) is 7.34. The number of benzene rings is 1. The number of fused-ring (bicyclic) bond motifs is 1. The predicted octanol–water partition coefficient (Wildman–Crippen LogP) is 4.04. The lowest BCUT2D eigenvalue weighted by molar-refractivity contribution is 0.101. The van der Waals surface area contributed by atoms with E-state index in [1.54, 1.807) is 12.1 Å². The van der Waals surface area contributed by atoms with Crippen LogP contribution in [0, 0.1) is 0 Å². The number of aromatic hydroxyl groups is 1. The van der Waals surface area contributed by atoms with Crippen molar-refractivity contribution in [3.63, 3.8) is 0 Å². The normalized spacial score (nSPS) is 22.0. The fourth-order valence-electron chi connectivity index (χ4n) is 2.13. The number of aliphatic hydroxyl groups is 1. The van der Waals surface area contributed by atoms with E-state index >= 15 is 0 Å². The van der Waals surface area contributed by atoms with Crippen LogP contribution in [-0.4, -0.2) is 21.9 Å². The Bertz CT molecular complexity index is 565. The molecule has 0 amide bonds. The van der Waals surface area contributed by atoms with Crippen molar-refractivity contribution in [2.45, 2.75) is 38.4 Å². The average Bonchev–Trinajstić information content (AvgIpc) is 2.38. The SMILES string of the molecule is C=C(C)[C@H](O)CC[C@]1(C)C=Cc2cc(O)c(Br)cc2O1. The highest BCUT2D eigenvalue weighted by Gasteiger charge is 2.28. The number of hydrogen-bond donors (Lipinski definition) is 2. The molecule has 0 spiro atoms. The highest BCUT2D eigenvalue weighted by molar-refractivity contribution is 9.10. The zero-order valence-corrected chi connectivity index (χ0v) is 13.3. The molecule has 0 bridgehead atoms. The van der Waals surface area contributed by atoms with Crippen LogP contribution in [0.4, 0.5) is 0 Å². The molecule has 0 unspecified atom stereocenters. The summed E-state index contributed by atoms with van der Waals surface area (Å²) in [6, 6.07) is 3.43. The van der Waals surface area contributed by atoms with Gasteiger partial charge >= 0.3 is 0 Å². The summed E-state index contributed by atoms with van der Waals surface area (Å²) in [6.45, 7) is 7.56. The van der Waals surface area contributed by atoms with E-state index in [0.717, 1.165) is 16.9 Å². The van der Waals surface area contributed by atoms with E-state index in [1.807, 2.05) is 26.0 Å². The predicted molar refractivity (Wildman–Crippen MR) is 83.9 cm³/mol. The first kappa shape index (κ1) is 15.1. The van der Waals surface area contributed by atoms with Gasteiger partial charge in [0.15, 0.2) is 0 Å². The Hall–Kier alpha value is -1.26. The minimum Gasteiger partial charge on any atom is -0.507 e. The largest absolute Gasteiger partial charge is 0.507 e. The summed E-state index contributed by atoms with van der Waals surface area (Å²) in [6.07, 6.45) is 4.70. The molecule has 0 fully saturated rings. The third-order valence-electron chi connectivity index (χ3n) is 3.52. The maximum atomic E-state index is 9.83. The molecular weight excluding hydrogens is 320 g/mol. The first-order chi connectivity index (χ1) is 9.31. The Morgan fingerprint density at radius 1 is 1.50 bits per heavy atom. The second kappa shape index (κ2) is 5.62. The minimum atomic E-state index is -0.503. The van der Waals surface area contributed by atoms with Crippen LogP contribution >= 0.6 is 15.9 Å². The Balaban J connectivity index is 2.14. The lowest BCUT2D eigenvalue weighted by Crippen LogP contribution is -2.33. The van der Waals surface area contributed by atoms with Crippen LogP contribution in [0.25, 0.3) is 6.08 Å². The topological polar surface area (TPSA) is 49.7 Å². The van der Waals surface area contributed by atoms with Crippen molar-refractivity contribution in [1.82, 2.24) is 0 Å². The molecule has 1 aromatic carbocycles. The van der Waals surface area contributed by atoms with Crippen molar-refractivity contribution in [2.75, 3.05) is 0 Å². The molecule has 0 saturated carbocycles. The molecule has 0 aromatic heterocycles. The van der Waals surface area contributed by atoms with E-state index < -0.39 is 11.7 Å². The molecule has 2 rings (SSSR count). The fourth-order valence-corrected chi connectivity index (χ4v) is 2.46. The smallest absolute Gasteiger partial charge is 0.130 e. The van der Waals surface area contributed by atoms with Gasteiger partial charge in [-0.1, -0.05) is 18.2 Å². The number of rotatable bonds is 4. The number of aliphatic hydroxyl groups excluding tert-OH is 1. The van der Waals surface area contributed by atoms with E-state index in [4.69, 9.17) is 4.74 Å². The molecule has 4 heteroatoms.